The van der Waals surface area contributed by atoms with Crippen LogP contribution >= 0.6 is 11.6 Å². The Morgan fingerprint density at radius 1 is 1.22 bits per heavy atom. The van der Waals surface area contributed by atoms with Crippen LogP contribution in [0.1, 0.15) is 33.1 Å². The van der Waals surface area contributed by atoms with Gasteiger partial charge in [-0.1, -0.05) is 31.9 Å². The van der Waals surface area contributed by atoms with Crippen molar-refractivity contribution in [2.24, 2.45) is 11.8 Å². The zero-order valence-electron chi connectivity index (χ0n) is 10.6. The first-order valence-corrected chi connectivity index (χ1v) is 6.76. The molecule has 0 amide bonds. The Morgan fingerprint density at radius 2 is 1.94 bits per heavy atom. The Bertz CT molecular complexity index is 413. The molecule has 0 heterocycles. The predicted molar refractivity (Wildman–Crippen MR) is 71.0 cm³/mol. The topological polar surface area (TPSA) is 12.0 Å². The largest absolute Gasteiger partial charge is 0.378 e. The Balaban J connectivity index is 2.18. The average Bonchev–Trinajstić information content (AvgIpc) is 2.28. The molecule has 0 aromatic heterocycles. The van der Waals surface area contributed by atoms with Crippen LogP contribution in [0.15, 0.2) is 12.1 Å². The molecule has 0 aliphatic heterocycles. The molecule has 1 nitrogen and oxygen atoms in total. The first-order valence-electron chi connectivity index (χ1n) is 6.38. The van der Waals surface area contributed by atoms with Crippen molar-refractivity contribution in [3.63, 3.8) is 0 Å². The molecule has 1 aromatic carbocycles. The first-order chi connectivity index (χ1) is 8.47. The van der Waals surface area contributed by atoms with E-state index in [0.29, 0.717) is 11.8 Å². The molecule has 0 saturated heterocycles. The van der Waals surface area contributed by atoms with E-state index >= 15 is 0 Å². The highest BCUT2D eigenvalue weighted by Crippen LogP contribution is 2.34. The number of rotatable bonds is 2. The summed E-state index contributed by atoms with van der Waals surface area (Å²) < 4.78 is 26.7. The van der Waals surface area contributed by atoms with Crippen molar-refractivity contribution in [2.75, 3.05) is 5.32 Å². The zero-order valence-corrected chi connectivity index (χ0v) is 11.4. The van der Waals surface area contributed by atoms with E-state index in [1.54, 1.807) is 0 Å². The molecule has 1 aromatic rings. The Hall–Kier alpha value is -0.830. The van der Waals surface area contributed by atoms with Crippen LogP contribution in [-0.4, -0.2) is 6.04 Å². The third-order valence-corrected chi connectivity index (χ3v) is 4.09. The van der Waals surface area contributed by atoms with Crippen molar-refractivity contribution in [3.8, 4) is 0 Å². The van der Waals surface area contributed by atoms with E-state index in [1.807, 2.05) is 0 Å². The molecule has 0 bridgehead atoms. The van der Waals surface area contributed by atoms with Gasteiger partial charge < -0.3 is 5.32 Å². The standard InChI is InChI=1S/C14H18ClF2N/c1-8-3-4-9(2)13(5-8)18-14-11(15)6-10(16)7-12(14)17/h6-9,13,18H,3-5H2,1-2H3. The zero-order chi connectivity index (χ0) is 13.3. The number of anilines is 1. The molecule has 3 unspecified atom stereocenters. The van der Waals surface area contributed by atoms with Crippen LogP contribution in [0.25, 0.3) is 0 Å². The lowest BCUT2D eigenvalue weighted by Crippen LogP contribution is -2.33. The molecule has 0 spiro atoms. The molecule has 1 fully saturated rings. The number of hydrogen-bond donors (Lipinski definition) is 1. The summed E-state index contributed by atoms with van der Waals surface area (Å²) in [5.74, 6) is -0.166. The third kappa shape index (κ3) is 2.94. The Morgan fingerprint density at radius 3 is 2.61 bits per heavy atom. The van der Waals surface area contributed by atoms with E-state index in [4.69, 9.17) is 11.6 Å². The molecule has 0 radical (unpaired) electrons. The minimum Gasteiger partial charge on any atom is -0.378 e. The average molecular weight is 274 g/mol. The lowest BCUT2D eigenvalue weighted by atomic mass is 9.80. The van der Waals surface area contributed by atoms with Crippen LogP contribution in [0, 0.1) is 23.5 Å². The summed E-state index contributed by atoms with van der Waals surface area (Å²) in [5, 5.41) is 3.26. The van der Waals surface area contributed by atoms with Crippen molar-refractivity contribution < 1.29 is 8.78 Å². The molecule has 1 aliphatic rings. The molecular weight excluding hydrogens is 256 g/mol. The highest BCUT2D eigenvalue weighted by atomic mass is 35.5. The van der Waals surface area contributed by atoms with Gasteiger partial charge in [0.05, 0.1) is 10.7 Å². The predicted octanol–water partition coefficient (Wildman–Crippen LogP) is 4.85. The van der Waals surface area contributed by atoms with Gasteiger partial charge in [0.2, 0.25) is 0 Å². The molecule has 100 valence electrons. The third-order valence-electron chi connectivity index (χ3n) is 3.79. The summed E-state index contributed by atoms with van der Waals surface area (Å²) in [5.41, 5.74) is 0.226. The van der Waals surface area contributed by atoms with E-state index in [1.165, 1.54) is 6.42 Å². The van der Waals surface area contributed by atoms with Gasteiger partial charge >= 0.3 is 0 Å². The van der Waals surface area contributed by atoms with Crippen LogP contribution in [0.3, 0.4) is 0 Å². The number of benzene rings is 1. The van der Waals surface area contributed by atoms with Gasteiger partial charge in [-0.15, -0.1) is 0 Å². The molecular formula is C14H18ClF2N. The van der Waals surface area contributed by atoms with Gasteiger partial charge in [0.25, 0.3) is 0 Å². The Kier molecular flexibility index (Phi) is 4.10. The number of nitrogens with one attached hydrogen (secondary N) is 1. The van der Waals surface area contributed by atoms with Gasteiger partial charge in [-0.3, -0.25) is 0 Å². The second kappa shape index (κ2) is 5.43. The van der Waals surface area contributed by atoms with E-state index < -0.39 is 11.6 Å². The Labute approximate surface area is 112 Å². The van der Waals surface area contributed by atoms with E-state index in [0.717, 1.165) is 25.0 Å². The molecule has 2 rings (SSSR count). The minimum absolute atomic E-state index is 0.109. The van der Waals surface area contributed by atoms with Crippen molar-refractivity contribution in [3.05, 3.63) is 28.8 Å². The summed E-state index contributed by atoms with van der Waals surface area (Å²) in [6.07, 6.45) is 3.33. The van der Waals surface area contributed by atoms with Gasteiger partial charge in [0, 0.05) is 12.1 Å². The number of halogens is 3. The maximum absolute atomic E-state index is 13.7. The fourth-order valence-corrected chi connectivity index (χ4v) is 2.85. The summed E-state index contributed by atoms with van der Waals surface area (Å²) in [4.78, 5) is 0. The minimum atomic E-state index is -0.645. The van der Waals surface area contributed by atoms with E-state index in [9.17, 15) is 8.78 Å². The monoisotopic (exact) mass is 273 g/mol. The fourth-order valence-electron chi connectivity index (χ4n) is 2.60. The van der Waals surface area contributed by atoms with Gasteiger partial charge in [-0.2, -0.15) is 0 Å². The number of hydrogen-bond acceptors (Lipinski definition) is 1. The maximum Gasteiger partial charge on any atom is 0.150 e. The van der Waals surface area contributed by atoms with Crippen LogP contribution in [0.5, 0.6) is 0 Å². The van der Waals surface area contributed by atoms with Crippen molar-refractivity contribution in [2.45, 2.75) is 39.2 Å². The van der Waals surface area contributed by atoms with Crippen LogP contribution in [-0.2, 0) is 0 Å². The lowest BCUT2D eigenvalue weighted by molar-refractivity contribution is 0.280. The normalized spacial score (nSPS) is 28.2. The SMILES string of the molecule is CC1CCC(C)C(Nc2c(F)cc(F)cc2Cl)C1. The quantitative estimate of drug-likeness (QED) is 0.812. The maximum atomic E-state index is 13.7. The highest BCUT2D eigenvalue weighted by molar-refractivity contribution is 6.33. The van der Waals surface area contributed by atoms with Gasteiger partial charge in [0.1, 0.15) is 5.82 Å². The van der Waals surface area contributed by atoms with Crippen molar-refractivity contribution >= 4 is 17.3 Å². The van der Waals surface area contributed by atoms with Crippen LogP contribution in [0.4, 0.5) is 14.5 Å². The van der Waals surface area contributed by atoms with Gasteiger partial charge in [0.15, 0.2) is 5.82 Å². The van der Waals surface area contributed by atoms with Crippen LogP contribution in [0.2, 0.25) is 5.02 Å². The molecule has 4 heteroatoms. The second-order valence-electron chi connectivity index (χ2n) is 5.39. The van der Waals surface area contributed by atoms with Crippen molar-refractivity contribution in [1.82, 2.24) is 0 Å². The smallest absolute Gasteiger partial charge is 0.150 e. The second-order valence-corrected chi connectivity index (χ2v) is 5.80. The molecule has 3 atom stereocenters. The van der Waals surface area contributed by atoms with Crippen LogP contribution < -0.4 is 5.32 Å². The summed E-state index contributed by atoms with van der Waals surface area (Å²) in [6, 6.07) is 2.21. The van der Waals surface area contributed by atoms with Gasteiger partial charge in [-0.25, -0.2) is 8.78 Å². The summed E-state index contributed by atoms with van der Waals surface area (Å²) >= 11 is 5.90. The van der Waals surface area contributed by atoms with Gasteiger partial charge in [-0.05, 0) is 30.7 Å². The summed E-state index contributed by atoms with van der Waals surface area (Å²) in [7, 11) is 0. The van der Waals surface area contributed by atoms with Crippen molar-refractivity contribution in [1.29, 1.82) is 0 Å². The molecule has 18 heavy (non-hydrogen) atoms. The molecule has 1 saturated carbocycles. The fraction of sp³-hybridized carbons (Fsp3) is 0.571. The molecule has 1 aliphatic carbocycles. The lowest BCUT2D eigenvalue weighted by Gasteiger charge is -2.34. The molecule has 1 N–H and O–H groups in total. The van der Waals surface area contributed by atoms with E-state index in [-0.39, 0.29) is 16.8 Å². The highest BCUT2D eigenvalue weighted by Gasteiger charge is 2.26. The summed E-state index contributed by atoms with van der Waals surface area (Å²) in [6.45, 7) is 4.35. The first kappa shape index (κ1) is 13.6. The van der Waals surface area contributed by atoms with E-state index in [2.05, 4.69) is 19.2 Å².